The Hall–Kier alpha value is -2.14. The summed E-state index contributed by atoms with van der Waals surface area (Å²) in [7, 11) is 0. The van der Waals surface area contributed by atoms with Crippen LogP contribution in [0.2, 0.25) is 0 Å². The Balaban J connectivity index is 1.63. The fraction of sp³-hybridized carbons (Fsp3) is 0.444. The van der Waals surface area contributed by atoms with Crippen molar-refractivity contribution in [1.82, 2.24) is 15.1 Å². The largest absolute Gasteiger partial charge is 0.308 e. The van der Waals surface area contributed by atoms with Crippen molar-refractivity contribution in [3.63, 3.8) is 0 Å². The molecule has 2 aromatic rings. The predicted octanol–water partition coefficient (Wildman–Crippen LogP) is 2.92. The lowest BCUT2D eigenvalue weighted by Crippen LogP contribution is -2.44. The normalized spacial score (nSPS) is 16.2. The monoisotopic (exact) mass is 312 g/mol. The van der Waals surface area contributed by atoms with Crippen molar-refractivity contribution in [3.05, 3.63) is 47.2 Å². The molecule has 1 atom stereocenters. The fourth-order valence-electron chi connectivity index (χ4n) is 2.94. The van der Waals surface area contributed by atoms with Gasteiger partial charge in [-0.25, -0.2) is 0 Å². The third-order valence-electron chi connectivity index (χ3n) is 4.56. The van der Waals surface area contributed by atoms with Crippen LogP contribution >= 0.6 is 0 Å². The second-order valence-electron chi connectivity index (χ2n) is 6.52. The molecule has 1 aromatic carbocycles. The van der Waals surface area contributed by atoms with E-state index in [-0.39, 0.29) is 11.9 Å². The molecule has 0 saturated heterocycles. The van der Waals surface area contributed by atoms with E-state index in [4.69, 9.17) is 0 Å². The second kappa shape index (κ2) is 6.54. The molecule has 0 radical (unpaired) electrons. The lowest BCUT2D eigenvalue weighted by molar-refractivity contribution is -0.121. The Morgan fingerprint density at radius 1 is 1.26 bits per heavy atom. The molecule has 1 unspecified atom stereocenters. The number of fused-ring (bicyclic) bond motifs is 1. The van der Waals surface area contributed by atoms with Gasteiger partial charge in [0.15, 0.2) is 5.82 Å². The Kier molecular flexibility index (Phi) is 4.48. The highest BCUT2D eigenvalue weighted by Gasteiger charge is 2.25. The van der Waals surface area contributed by atoms with E-state index in [0.717, 1.165) is 25.2 Å². The van der Waals surface area contributed by atoms with Gasteiger partial charge in [-0.05, 0) is 30.4 Å². The number of nitrogens with one attached hydrogen (secondary N) is 2. The molecule has 23 heavy (non-hydrogen) atoms. The highest BCUT2D eigenvalue weighted by atomic mass is 16.2. The Morgan fingerprint density at radius 2 is 2.00 bits per heavy atom. The van der Waals surface area contributed by atoms with Gasteiger partial charge in [-0.3, -0.25) is 14.8 Å². The van der Waals surface area contributed by atoms with Gasteiger partial charge in [0.05, 0.1) is 6.04 Å². The molecular formula is C18H24N4O. The van der Waals surface area contributed by atoms with Crippen LogP contribution in [0.3, 0.4) is 0 Å². The van der Waals surface area contributed by atoms with Crippen LogP contribution in [0.15, 0.2) is 30.3 Å². The minimum Gasteiger partial charge on any atom is -0.308 e. The van der Waals surface area contributed by atoms with Crippen molar-refractivity contribution in [3.8, 4) is 0 Å². The molecule has 1 amide bonds. The average Bonchev–Trinajstić information content (AvgIpc) is 3.02. The maximum absolute atomic E-state index is 12.5. The number of rotatable bonds is 4. The van der Waals surface area contributed by atoms with E-state index in [1.54, 1.807) is 0 Å². The number of benzene rings is 1. The van der Waals surface area contributed by atoms with Gasteiger partial charge in [0.1, 0.15) is 0 Å². The topological polar surface area (TPSA) is 61.0 Å². The summed E-state index contributed by atoms with van der Waals surface area (Å²) in [4.78, 5) is 14.7. The second-order valence-corrected chi connectivity index (χ2v) is 6.52. The van der Waals surface area contributed by atoms with E-state index in [0.29, 0.717) is 11.7 Å². The summed E-state index contributed by atoms with van der Waals surface area (Å²) in [5.74, 6) is 0.957. The molecule has 0 fully saturated rings. The Labute approximate surface area is 137 Å². The van der Waals surface area contributed by atoms with Gasteiger partial charge in [0.25, 0.3) is 0 Å². The average molecular weight is 312 g/mol. The number of aromatic nitrogens is 2. The van der Waals surface area contributed by atoms with Crippen molar-refractivity contribution >= 4 is 11.7 Å². The van der Waals surface area contributed by atoms with E-state index in [1.165, 1.54) is 11.1 Å². The molecule has 1 aromatic heterocycles. The van der Waals surface area contributed by atoms with E-state index < -0.39 is 0 Å². The molecule has 3 rings (SSSR count). The third kappa shape index (κ3) is 3.45. The van der Waals surface area contributed by atoms with Gasteiger partial charge in [-0.1, -0.05) is 38.1 Å². The zero-order valence-electron chi connectivity index (χ0n) is 14.0. The third-order valence-corrected chi connectivity index (χ3v) is 4.56. The SMILES string of the molecule is CC(C)c1cc(NC(=O)C(C)N2CCc3ccccc3C2)n[nH]1. The first kappa shape index (κ1) is 15.7. The smallest absolute Gasteiger partial charge is 0.242 e. The van der Waals surface area contributed by atoms with E-state index in [1.807, 2.05) is 13.0 Å². The van der Waals surface area contributed by atoms with Gasteiger partial charge in [0.2, 0.25) is 5.91 Å². The summed E-state index contributed by atoms with van der Waals surface area (Å²) >= 11 is 0. The van der Waals surface area contributed by atoms with Crippen LogP contribution in [-0.4, -0.2) is 33.6 Å². The summed E-state index contributed by atoms with van der Waals surface area (Å²) in [6, 6.07) is 10.2. The number of hydrogen-bond acceptors (Lipinski definition) is 3. The molecule has 2 N–H and O–H groups in total. The molecular weight excluding hydrogens is 288 g/mol. The highest BCUT2D eigenvalue weighted by molar-refractivity contribution is 5.93. The number of amides is 1. The zero-order chi connectivity index (χ0) is 16.4. The van der Waals surface area contributed by atoms with E-state index in [2.05, 4.69) is 58.5 Å². The molecule has 0 spiro atoms. The number of aromatic amines is 1. The molecule has 1 aliphatic heterocycles. The Bertz CT molecular complexity index is 692. The molecule has 122 valence electrons. The first-order valence-corrected chi connectivity index (χ1v) is 8.21. The van der Waals surface area contributed by atoms with Crippen LogP contribution in [0.4, 0.5) is 5.82 Å². The summed E-state index contributed by atoms with van der Waals surface area (Å²) in [5.41, 5.74) is 3.74. The number of H-pyrrole nitrogens is 1. The number of nitrogens with zero attached hydrogens (tertiary/aromatic N) is 2. The molecule has 0 aliphatic carbocycles. The van der Waals surface area contributed by atoms with Crippen LogP contribution < -0.4 is 5.32 Å². The van der Waals surface area contributed by atoms with Gasteiger partial charge in [0, 0.05) is 24.8 Å². The van der Waals surface area contributed by atoms with Gasteiger partial charge in [-0.15, -0.1) is 0 Å². The van der Waals surface area contributed by atoms with Crippen LogP contribution in [0.1, 0.15) is 43.5 Å². The molecule has 1 aliphatic rings. The highest BCUT2D eigenvalue weighted by Crippen LogP contribution is 2.21. The molecule has 0 bridgehead atoms. The van der Waals surface area contributed by atoms with Crippen molar-refractivity contribution in [2.24, 2.45) is 0 Å². The summed E-state index contributed by atoms with van der Waals surface area (Å²) in [6.07, 6.45) is 0.994. The minimum absolute atomic E-state index is 0.00816. The first-order chi connectivity index (χ1) is 11.0. The number of anilines is 1. The summed E-state index contributed by atoms with van der Waals surface area (Å²) in [5, 5.41) is 10.0. The van der Waals surface area contributed by atoms with Crippen molar-refractivity contribution in [2.45, 2.75) is 45.7 Å². The number of carbonyl (C=O) groups excluding carboxylic acids is 1. The quantitative estimate of drug-likeness (QED) is 0.912. The Morgan fingerprint density at radius 3 is 2.70 bits per heavy atom. The number of carbonyl (C=O) groups is 1. The van der Waals surface area contributed by atoms with Crippen LogP contribution in [0.25, 0.3) is 0 Å². The van der Waals surface area contributed by atoms with Crippen LogP contribution in [0.5, 0.6) is 0 Å². The first-order valence-electron chi connectivity index (χ1n) is 8.21. The maximum Gasteiger partial charge on any atom is 0.242 e. The lowest BCUT2D eigenvalue weighted by Gasteiger charge is -2.32. The zero-order valence-corrected chi connectivity index (χ0v) is 14.0. The van der Waals surface area contributed by atoms with Crippen LogP contribution in [-0.2, 0) is 17.8 Å². The minimum atomic E-state index is -0.178. The number of hydrogen-bond donors (Lipinski definition) is 2. The summed E-state index contributed by atoms with van der Waals surface area (Å²) < 4.78 is 0. The van der Waals surface area contributed by atoms with E-state index in [9.17, 15) is 4.79 Å². The lowest BCUT2D eigenvalue weighted by atomic mass is 9.99. The standard InChI is InChI=1S/C18H24N4O/c1-12(2)16-10-17(21-20-16)19-18(23)13(3)22-9-8-14-6-4-5-7-15(14)11-22/h4-7,10,12-13H,8-9,11H2,1-3H3,(H2,19,20,21,23). The summed E-state index contributed by atoms with van der Waals surface area (Å²) in [6.45, 7) is 7.87. The van der Waals surface area contributed by atoms with Crippen molar-refractivity contribution < 1.29 is 4.79 Å². The van der Waals surface area contributed by atoms with Gasteiger partial charge >= 0.3 is 0 Å². The van der Waals surface area contributed by atoms with Crippen molar-refractivity contribution in [1.29, 1.82) is 0 Å². The van der Waals surface area contributed by atoms with E-state index >= 15 is 0 Å². The van der Waals surface area contributed by atoms with Crippen molar-refractivity contribution in [2.75, 3.05) is 11.9 Å². The molecule has 0 saturated carbocycles. The molecule has 2 heterocycles. The predicted molar refractivity (Wildman–Crippen MR) is 91.3 cm³/mol. The van der Waals surface area contributed by atoms with Crippen LogP contribution in [0, 0.1) is 0 Å². The molecule has 5 nitrogen and oxygen atoms in total. The fourth-order valence-corrected chi connectivity index (χ4v) is 2.94. The van der Waals surface area contributed by atoms with Gasteiger partial charge in [-0.2, -0.15) is 5.10 Å². The molecule has 5 heteroatoms. The maximum atomic E-state index is 12.5. The van der Waals surface area contributed by atoms with Gasteiger partial charge < -0.3 is 5.32 Å².